The molecule has 124 valence electrons. The highest BCUT2D eigenvalue weighted by Gasteiger charge is 2.36. The van der Waals surface area contributed by atoms with Gasteiger partial charge >= 0.3 is 0 Å². The molecule has 2 rings (SSSR count). The van der Waals surface area contributed by atoms with E-state index in [1.165, 1.54) is 12.7 Å². The summed E-state index contributed by atoms with van der Waals surface area (Å²) in [6.07, 6.45) is 6.16. The third-order valence-corrected chi connectivity index (χ3v) is 7.02. The number of sulfone groups is 1. The van der Waals surface area contributed by atoms with Gasteiger partial charge in [0.25, 0.3) is 0 Å². The van der Waals surface area contributed by atoms with Crippen molar-refractivity contribution in [3.63, 3.8) is 0 Å². The molecule has 6 heteroatoms. The van der Waals surface area contributed by atoms with Gasteiger partial charge in [-0.15, -0.1) is 0 Å². The molecule has 1 aliphatic heterocycles. The van der Waals surface area contributed by atoms with Crippen LogP contribution in [0.15, 0.2) is 0 Å². The summed E-state index contributed by atoms with van der Waals surface area (Å²) in [5.41, 5.74) is 6.59. The molecule has 0 bridgehead atoms. The predicted molar refractivity (Wildman–Crippen MR) is 87.1 cm³/mol. The first kappa shape index (κ1) is 17.2. The molecule has 4 unspecified atom stereocenters. The zero-order valence-corrected chi connectivity index (χ0v) is 14.5. The minimum Gasteiger partial charge on any atom is -0.326 e. The van der Waals surface area contributed by atoms with Gasteiger partial charge in [0.05, 0.1) is 5.25 Å². The summed E-state index contributed by atoms with van der Waals surface area (Å²) in [6, 6.07) is 0.404. The fourth-order valence-corrected chi connectivity index (χ4v) is 5.15. The normalized spacial score (nSPS) is 35.3. The minimum absolute atomic E-state index is 0.0695. The molecule has 0 aromatic carbocycles. The Bertz CT molecular complexity index is 440. The minimum atomic E-state index is -2.93. The van der Waals surface area contributed by atoms with E-state index in [-0.39, 0.29) is 11.3 Å². The fourth-order valence-electron chi connectivity index (χ4n) is 3.96. The summed E-state index contributed by atoms with van der Waals surface area (Å²) >= 11 is 0. The molecule has 0 spiro atoms. The van der Waals surface area contributed by atoms with E-state index in [2.05, 4.69) is 23.9 Å². The molecule has 1 heterocycles. The molecule has 0 amide bonds. The van der Waals surface area contributed by atoms with E-state index in [9.17, 15) is 8.42 Å². The SMILES string of the molecule is CN1CCCN(C)C(C(N)C2CCCC(S(C)(=O)=O)C2)C1. The smallest absolute Gasteiger partial charge is 0.150 e. The average Bonchev–Trinajstić information content (AvgIpc) is 2.59. The van der Waals surface area contributed by atoms with E-state index in [1.807, 2.05) is 0 Å². The Labute approximate surface area is 129 Å². The summed E-state index contributed by atoms with van der Waals surface area (Å²) in [5.74, 6) is 0.331. The summed E-state index contributed by atoms with van der Waals surface area (Å²) in [5, 5.41) is -0.184. The molecule has 2 fully saturated rings. The van der Waals surface area contributed by atoms with Gasteiger partial charge in [0.1, 0.15) is 9.84 Å². The van der Waals surface area contributed by atoms with E-state index < -0.39 is 9.84 Å². The highest BCUT2D eigenvalue weighted by Crippen LogP contribution is 2.32. The van der Waals surface area contributed by atoms with E-state index >= 15 is 0 Å². The highest BCUT2D eigenvalue weighted by molar-refractivity contribution is 7.91. The Morgan fingerprint density at radius 3 is 2.52 bits per heavy atom. The van der Waals surface area contributed by atoms with Crippen molar-refractivity contribution in [1.29, 1.82) is 0 Å². The van der Waals surface area contributed by atoms with Gasteiger partial charge in [0.15, 0.2) is 0 Å². The topological polar surface area (TPSA) is 66.6 Å². The van der Waals surface area contributed by atoms with Gasteiger partial charge in [-0.05, 0) is 58.8 Å². The van der Waals surface area contributed by atoms with Gasteiger partial charge in [0, 0.05) is 24.9 Å². The first-order valence-corrected chi connectivity index (χ1v) is 10.1. The van der Waals surface area contributed by atoms with Crippen molar-refractivity contribution in [1.82, 2.24) is 9.80 Å². The zero-order chi connectivity index (χ0) is 15.6. The monoisotopic (exact) mass is 317 g/mol. The molecule has 0 aromatic rings. The number of hydrogen-bond donors (Lipinski definition) is 1. The molecule has 5 nitrogen and oxygen atoms in total. The molecule has 1 saturated heterocycles. The molecule has 0 radical (unpaired) electrons. The zero-order valence-electron chi connectivity index (χ0n) is 13.7. The lowest BCUT2D eigenvalue weighted by atomic mass is 9.80. The maximum absolute atomic E-state index is 11.8. The van der Waals surface area contributed by atoms with Crippen molar-refractivity contribution in [2.75, 3.05) is 40.0 Å². The molecule has 0 aromatic heterocycles. The van der Waals surface area contributed by atoms with Crippen LogP contribution < -0.4 is 5.73 Å². The Morgan fingerprint density at radius 1 is 1.14 bits per heavy atom. The third kappa shape index (κ3) is 4.41. The maximum Gasteiger partial charge on any atom is 0.150 e. The van der Waals surface area contributed by atoms with Crippen LogP contribution >= 0.6 is 0 Å². The van der Waals surface area contributed by atoms with Gasteiger partial charge in [-0.3, -0.25) is 0 Å². The van der Waals surface area contributed by atoms with Crippen LogP contribution in [0.3, 0.4) is 0 Å². The summed E-state index contributed by atoms with van der Waals surface area (Å²) in [7, 11) is 1.37. The first-order chi connectivity index (χ1) is 9.79. The standard InChI is InChI=1S/C15H31N3O2S/c1-17-8-5-9-18(2)14(11-17)15(16)12-6-4-7-13(10-12)21(3,19)20/h12-15H,4-11,16H2,1-3H3. The quantitative estimate of drug-likeness (QED) is 0.823. The first-order valence-electron chi connectivity index (χ1n) is 8.12. The average molecular weight is 317 g/mol. The van der Waals surface area contributed by atoms with E-state index in [1.54, 1.807) is 0 Å². The second-order valence-corrected chi connectivity index (χ2v) is 9.45. The summed E-state index contributed by atoms with van der Waals surface area (Å²) in [6.45, 7) is 3.17. The molecule has 21 heavy (non-hydrogen) atoms. The molecule has 2 N–H and O–H groups in total. The van der Waals surface area contributed by atoms with Crippen LogP contribution in [-0.4, -0.2) is 75.5 Å². The lowest BCUT2D eigenvalue weighted by molar-refractivity contribution is 0.149. The van der Waals surface area contributed by atoms with Gasteiger partial charge < -0.3 is 15.5 Å². The second-order valence-electron chi connectivity index (χ2n) is 7.12. The number of rotatable bonds is 3. The molecule has 1 aliphatic carbocycles. The van der Waals surface area contributed by atoms with Crippen molar-refractivity contribution in [3.05, 3.63) is 0 Å². The predicted octanol–water partition coefficient (Wildman–Crippen LogP) is 0.553. The largest absolute Gasteiger partial charge is 0.326 e. The van der Waals surface area contributed by atoms with Crippen LogP contribution in [0.2, 0.25) is 0 Å². The van der Waals surface area contributed by atoms with Crippen molar-refractivity contribution in [3.8, 4) is 0 Å². The maximum atomic E-state index is 11.8. The number of nitrogens with zero attached hydrogens (tertiary/aromatic N) is 2. The Balaban J connectivity index is 2.05. The molecule has 1 saturated carbocycles. The van der Waals surface area contributed by atoms with Crippen molar-refractivity contribution < 1.29 is 8.42 Å². The highest BCUT2D eigenvalue weighted by atomic mass is 32.2. The lowest BCUT2D eigenvalue weighted by Crippen LogP contribution is -2.54. The van der Waals surface area contributed by atoms with Crippen LogP contribution in [0, 0.1) is 5.92 Å². The van der Waals surface area contributed by atoms with Crippen molar-refractivity contribution in [2.45, 2.75) is 49.4 Å². The van der Waals surface area contributed by atoms with Gasteiger partial charge in [-0.1, -0.05) is 6.42 Å². The van der Waals surface area contributed by atoms with E-state index in [4.69, 9.17) is 5.73 Å². The molecular weight excluding hydrogens is 286 g/mol. The molecule has 4 atom stereocenters. The van der Waals surface area contributed by atoms with Crippen LogP contribution in [0.1, 0.15) is 32.1 Å². The van der Waals surface area contributed by atoms with Crippen molar-refractivity contribution >= 4 is 9.84 Å². The fraction of sp³-hybridized carbons (Fsp3) is 1.00. The molecular formula is C15H31N3O2S. The van der Waals surface area contributed by atoms with Gasteiger partial charge in [-0.2, -0.15) is 0 Å². The van der Waals surface area contributed by atoms with Crippen LogP contribution in [0.25, 0.3) is 0 Å². The number of likely N-dealkylation sites (N-methyl/N-ethyl adjacent to an activating group) is 2. The number of hydrogen-bond acceptors (Lipinski definition) is 5. The van der Waals surface area contributed by atoms with Crippen LogP contribution in [0.4, 0.5) is 0 Å². The summed E-state index contributed by atoms with van der Waals surface area (Å²) < 4.78 is 23.7. The van der Waals surface area contributed by atoms with E-state index in [0.29, 0.717) is 12.0 Å². The molecule has 2 aliphatic rings. The second kappa shape index (κ2) is 6.94. The van der Waals surface area contributed by atoms with E-state index in [0.717, 1.165) is 45.3 Å². The van der Waals surface area contributed by atoms with Crippen LogP contribution in [0.5, 0.6) is 0 Å². The number of nitrogens with two attached hydrogens (primary N) is 1. The summed E-state index contributed by atoms with van der Waals surface area (Å²) in [4.78, 5) is 4.73. The Morgan fingerprint density at radius 2 is 1.86 bits per heavy atom. The Hall–Kier alpha value is -0.170. The third-order valence-electron chi connectivity index (χ3n) is 5.38. The van der Waals surface area contributed by atoms with Crippen molar-refractivity contribution in [2.24, 2.45) is 11.7 Å². The lowest BCUT2D eigenvalue weighted by Gasteiger charge is -2.39. The van der Waals surface area contributed by atoms with Gasteiger partial charge in [-0.25, -0.2) is 8.42 Å². The van der Waals surface area contributed by atoms with Gasteiger partial charge in [0.2, 0.25) is 0 Å². The Kier molecular flexibility index (Phi) is 5.68. The van der Waals surface area contributed by atoms with Crippen LogP contribution in [-0.2, 0) is 9.84 Å².